The molecule has 0 fully saturated rings. The number of ether oxygens (including phenoxy) is 1. The Hall–Kier alpha value is -1.000. The number of furan rings is 1. The topological polar surface area (TPSA) is 22.4 Å². The molecule has 0 radical (unpaired) electrons. The number of rotatable bonds is 8. The highest BCUT2D eigenvalue weighted by molar-refractivity contribution is 9.10. The molecule has 25 heavy (non-hydrogen) atoms. The van der Waals surface area contributed by atoms with Crippen molar-refractivity contribution in [3.8, 4) is 5.75 Å². The maximum absolute atomic E-state index is 6.20. The first-order valence-electron chi connectivity index (χ1n) is 9.06. The number of fused-ring (bicyclic) bond motifs is 3. The summed E-state index contributed by atoms with van der Waals surface area (Å²) in [6.45, 7) is 5.04. The van der Waals surface area contributed by atoms with Gasteiger partial charge < -0.3 is 9.15 Å². The van der Waals surface area contributed by atoms with Crippen molar-refractivity contribution in [1.29, 1.82) is 0 Å². The summed E-state index contributed by atoms with van der Waals surface area (Å²) < 4.78 is 14.3. The second-order valence-corrected chi connectivity index (χ2v) is 8.23. The average Bonchev–Trinajstić information content (AvgIpc) is 2.98. The molecule has 0 N–H and O–H groups in total. The summed E-state index contributed by atoms with van der Waals surface area (Å²) in [6, 6.07) is 8.32. The molecule has 2 aromatic carbocycles. The van der Waals surface area contributed by atoms with Crippen LogP contribution in [0.25, 0.3) is 21.9 Å². The fourth-order valence-corrected chi connectivity index (χ4v) is 3.90. The number of aryl methyl sites for hydroxylation is 1. The van der Waals surface area contributed by atoms with Gasteiger partial charge >= 0.3 is 0 Å². The Bertz CT molecular complexity index is 867. The van der Waals surface area contributed by atoms with Gasteiger partial charge in [-0.25, -0.2) is 0 Å². The van der Waals surface area contributed by atoms with E-state index in [-0.39, 0.29) is 0 Å². The van der Waals surface area contributed by atoms with Gasteiger partial charge in [0.15, 0.2) is 11.3 Å². The minimum Gasteiger partial charge on any atom is -0.488 e. The summed E-state index contributed by atoms with van der Waals surface area (Å²) >= 11 is 7.20. The zero-order valence-corrected chi connectivity index (χ0v) is 18.0. The van der Waals surface area contributed by atoms with Crippen LogP contribution in [0.5, 0.6) is 5.75 Å². The third-order valence-electron chi connectivity index (χ3n) is 4.64. The average molecular weight is 468 g/mol. The molecular weight excluding hydrogens is 444 g/mol. The molecule has 0 spiro atoms. The van der Waals surface area contributed by atoms with E-state index < -0.39 is 0 Å². The largest absolute Gasteiger partial charge is 0.488 e. The van der Waals surface area contributed by atoms with E-state index >= 15 is 0 Å². The lowest BCUT2D eigenvalue weighted by atomic mass is 10.1. The molecule has 0 aliphatic carbocycles. The fourth-order valence-electron chi connectivity index (χ4n) is 3.16. The predicted octanol–water partition coefficient (Wildman–Crippen LogP) is 8.16. The van der Waals surface area contributed by atoms with E-state index in [1.54, 1.807) is 0 Å². The Balaban J connectivity index is 1.80. The Labute approximate surface area is 166 Å². The molecule has 134 valence electrons. The molecule has 0 bridgehead atoms. The van der Waals surface area contributed by atoms with E-state index in [1.807, 2.05) is 6.07 Å². The fraction of sp³-hybridized carbons (Fsp3) is 0.429. The first kappa shape index (κ1) is 18.8. The van der Waals surface area contributed by atoms with Crippen molar-refractivity contribution < 1.29 is 9.15 Å². The van der Waals surface area contributed by atoms with Crippen LogP contribution in [0.3, 0.4) is 0 Å². The Kier molecular flexibility index (Phi) is 6.45. The number of hydrogen-bond acceptors (Lipinski definition) is 2. The number of benzene rings is 2. The molecule has 3 aromatic rings. The van der Waals surface area contributed by atoms with Crippen molar-refractivity contribution in [3.63, 3.8) is 0 Å². The zero-order valence-electron chi connectivity index (χ0n) is 14.8. The Morgan fingerprint density at radius 1 is 0.840 bits per heavy atom. The minimum atomic E-state index is 0.726. The molecule has 0 saturated carbocycles. The SMILES string of the molecule is CCCCCCCCOc1c(Br)ccc2c1oc1c(C)c(Br)ccc12. The van der Waals surface area contributed by atoms with Gasteiger partial charge in [-0.05, 0) is 53.5 Å². The number of hydrogen-bond donors (Lipinski definition) is 0. The summed E-state index contributed by atoms with van der Waals surface area (Å²) in [5.74, 6) is 0.817. The van der Waals surface area contributed by atoms with E-state index in [4.69, 9.17) is 9.15 Å². The van der Waals surface area contributed by atoms with Gasteiger partial charge in [-0.3, -0.25) is 0 Å². The summed E-state index contributed by atoms with van der Waals surface area (Å²) in [7, 11) is 0. The molecule has 1 aromatic heterocycles. The molecule has 0 atom stereocenters. The van der Waals surface area contributed by atoms with E-state index in [0.29, 0.717) is 0 Å². The monoisotopic (exact) mass is 466 g/mol. The van der Waals surface area contributed by atoms with Crippen LogP contribution in [0.15, 0.2) is 37.6 Å². The van der Waals surface area contributed by atoms with E-state index in [0.717, 1.165) is 55.2 Å². The van der Waals surface area contributed by atoms with E-state index in [9.17, 15) is 0 Å². The quantitative estimate of drug-likeness (QED) is 0.311. The van der Waals surface area contributed by atoms with Crippen molar-refractivity contribution in [2.24, 2.45) is 0 Å². The molecule has 0 aliphatic rings. The van der Waals surface area contributed by atoms with Crippen LogP contribution >= 0.6 is 31.9 Å². The number of unbranched alkanes of at least 4 members (excludes halogenated alkanes) is 5. The van der Waals surface area contributed by atoms with Gasteiger partial charge in [-0.15, -0.1) is 0 Å². The van der Waals surface area contributed by atoms with Gasteiger partial charge in [0.2, 0.25) is 0 Å². The summed E-state index contributed by atoms with van der Waals surface area (Å²) in [4.78, 5) is 0. The highest BCUT2D eigenvalue weighted by Crippen LogP contribution is 2.41. The summed E-state index contributed by atoms with van der Waals surface area (Å²) in [6.07, 6.45) is 7.54. The predicted molar refractivity (Wildman–Crippen MR) is 113 cm³/mol. The third-order valence-corrected chi connectivity index (χ3v) is 6.13. The lowest BCUT2D eigenvalue weighted by Crippen LogP contribution is -1.98. The van der Waals surface area contributed by atoms with Gasteiger partial charge in [0.25, 0.3) is 0 Å². The normalized spacial score (nSPS) is 11.5. The molecular formula is C21H24Br2O2. The lowest BCUT2D eigenvalue weighted by Gasteiger charge is -2.08. The highest BCUT2D eigenvalue weighted by atomic mass is 79.9. The van der Waals surface area contributed by atoms with Gasteiger partial charge in [0.1, 0.15) is 5.58 Å². The molecule has 0 saturated heterocycles. The Morgan fingerprint density at radius 2 is 1.48 bits per heavy atom. The van der Waals surface area contributed by atoms with Gasteiger partial charge in [-0.1, -0.05) is 55.0 Å². The second-order valence-electron chi connectivity index (χ2n) is 6.52. The van der Waals surface area contributed by atoms with Crippen LogP contribution in [0.1, 0.15) is 51.0 Å². The van der Waals surface area contributed by atoms with Gasteiger partial charge in [0.05, 0.1) is 11.1 Å². The van der Waals surface area contributed by atoms with Crippen molar-refractivity contribution >= 4 is 53.8 Å². The van der Waals surface area contributed by atoms with Crippen molar-refractivity contribution in [2.45, 2.75) is 52.4 Å². The second kappa shape index (κ2) is 8.59. The van der Waals surface area contributed by atoms with Crippen LogP contribution in [-0.4, -0.2) is 6.61 Å². The van der Waals surface area contributed by atoms with Crippen LogP contribution in [0.4, 0.5) is 0 Å². The number of halogens is 2. The standard InChI is InChI=1S/C21H24Br2O2/c1-3-4-5-6-7-8-13-24-21-18(23)12-10-16-15-9-11-17(22)14(2)19(15)25-20(16)21/h9-12H,3-8,13H2,1-2H3. The van der Waals surface area contributed by atoms with Crippen LogP contribution in [0.2, 0.25) is 0 Å². The minimum absolute atomic E-state index is 0.726. The Morgan fingerprint density at radius 3 is 2.24 bits per heavy atom. The third kappa shape index (κ3) is 4.06. The van der Waals surface area contributed by atoms with E-state index in [2.05, 4.69) is 63.9 Å². The molecule has 0 unspecified atom stereocenters. The lowest BCUT2D eigenvalue weighted by molar-refractivity contribution is 0.302. The highest BCUT2D eigenvalue weighted by Gasteiger charge is 2.16. The molecule has 0 aliphatic heterocycles. The zero-order chi connectivity index (χ0) is 17.8. The van der Waals surface area contributed by atoms with Gasteiger partial charge in [-0.2, -0.15) is 0 Å². The molecule has 0 amide bonds. The molecule has 1 heterocycles. The summed E-state index contributed by atoms with van der Waals surface area (Å²) in [5.41, 5.74) is 2.87. The van der Waals surface area contributed by atoms with Gasteiger partial charge in [0, 0.05) is 20.8 Å². The first-order chi connectivity index (χ1) is 12.1. The molecule has 2 nitrogen and oxygen atoms in total. The van der Waals surface area contributed by atoms with Crippen LogP contribution in [0, 0.1) is 6.92 Å². The maximum Gasteiger partial charge on any atom is 0.178 e. The maximum atomic E-state index is 6.20. The van der Waals surface area contributed by atoms with Crippen LogP contribution in [-0.2, 0) is 0 Å². The molecule has 4 heteroatoms. The van der Waals surface area contributed by atoms with Crippen LogP contribution < -0.4 is 4.74 Å². The molecule has 3 rings (SSSR count). The first-order valence-corrected chi connectivity index (χ1v) is 10.6. The van der Waals surface area contributed by atoms with Crippen molar-refractivity contribution in [2.75, 3.05) is 6.61 Å². The smallest absolute Gasteiger partial charge is 0.178 e. The van der Waals surface area contributed by atoms with E-state index in [1.165, 1.54) is 32.1 Å². The van der Waals surface area contributed by atoms with Crippen molar-refractivity contribution in [3.05, 3.63) is 38.8 Å². The van der Waals surface area contributed by atoms with Crippen molar-refractivity contribution in [1.82, 2.24) is 0 Å². The summed E-state index contributed by atoms with van der Waals surface area (Å²) in [5, 5.41) is 2.24.